The summed E-state index contributed by atoms with van der Waals surface area (Å²) in [6.45, 7) is 0. The average molecular weight is 220 g/mol. The fourth-order valence-corrected chi connectivity index (χ4v) is 0.507. The summed E-state index contributed by atoms with van der Waals surface area (Å²) in [4.78, 5) is 23.6. The maximum absolute atomic E-state index is 8.94. The first-order valence-electron chi connectivity index (χ1n) is 4.21. The molecule has 16 heavy (non-hydrogen) atoms. The third kappa shape index (κ3) is 11.6. The van der Waals surface area contributed by atoms with Crippen molar-refractivity contribution in [2.24, 2.45) is 5.84 Å². The molecular formula is C9H12N6O. The Morgan fingerprint density at radius 3 is 1.25 bits per heavy atom. The van der Waals surface area contributed by atoms with Crippen LogP contribution in [0.15, 0.2) is 49.6 Å². The van der Waals surface area contributed by atoms with E-state index in [4.69, 9.17) is 4.79 Å². The van der Waals surface area contributed by atoms with E-state index >= 15 is 0 Å². The molecule has 0 fully saturated rings. The summed E-state index contributed by atoms with van der Waals surface area (Å²) < 4.78 is 0. The summed E-state index contributed by atoms with van der Waals surface area (Å²) in [6.07, 6.45) is 10.2. The van der Waals surface area contributed by atoms with E-state index in [1.54, 1.807) is 42.3 Å². The van der Waals surface area contributed by atoms with Crippen molar-refractivity contribution >= 4 is 6.41 Å². The number of hydrogen-bond acceptors (Lipinski definition) is 6. The van der Waals surface area contributed by atoms with Crippen molar-refractivity contribution < 1.29 is 4.79 Å². The van der Waals surface area contributed by atoms with Gasteiger partial charge in [-0.15, -0.1) is 0 Å². The second-order valence-electron chi connectivity index (χ2n) is 2.09. The largest absolute Gasteiger partial charge is 0.297 e. The van der Waals surface area contributed by atoms with Crippen LogP contribution in [0.1, 0.15) is 0 Å². The lowest BCUT2D eigenvalue weighted by atomic mass is 10.7. The zero-order valence-electron chi connectivity index (χ0n) is 8.47. The molecule has 0 aliphatic heterocycles. The standard InChI is InChI=1S/2C4H4N2.CH4N2O/c2*1-2-5-4-6-3-1;2-3-1-4/h2*1-4H;1H,2H2,(H,3,4). The van der Waals surface area contributed by atoms with E-state index in [0.29, 0.717) is 6.41 Å². The summed E-state index contributed by atoms with van der Waals surface area (Å²) >= 11 is 0. The molecule has 0 aliphatic rings. The van der Waals surface area contributed by atoms with Gasteiger partial charge in [0.1, 0.15) is 12.7 Å². The van der Waals surface area contributed by atoms with Crippen LogP contribution in [-0.2, 0) is 4.79 Å². The molecule has 1 amide bonds. The van der Waals surface area contributed by atoms with E-state index in [1.807, 2.05) is 0 Å². The molecule has 2 aromatic heterocycles. The minimum absolute atomic E-state index is 0.403. The molecule has 2 heterocycles. The van der Waals surface area contributed by atoms with Crippen molar-refractivity contribution in [3.05, 3.63) is 49.6 Å². The highest BCUT2D eigenvalue weighted by Gasteiger charge is 1.59. The number of nitrogens with two attached hydrogens (primary N) is 1. The minimum Gasteiger partial charge on any atom is -0.297 e. The summed E-state index contributed by atoms with van der Waals surface area (Å²) in [5.74, 6) is 4.41. The maximum atomic E-state index is 8.94. The van der Waals surface area contributed by atoms with Crippen molar-refractivity contribution in [2.45, 2.75) is 0 Å². The number of aromatic nitrogens is 4. The Bertz CT molecular complexity index is 245. The van der Waals surface area contributed by atoms with Crippen molar-refractivity contribution in [1.82, 2.24) is 25.4 Å². The molecule has 0 saturated heterocycles. The Labute approximate surface area is 92.8 Å². The van der Waals surface area contributed by atoms with Crippen LogP contribution in [0.3, 0.4) is 0 Å². The first-order chi connectivity index (χ1) is 7.91. The van der Waals surface area contributed by atoms with E-state index in [9.17, 15) is 0 Å². The predicted octanol–water partition coefficient (Wildman–Crippen LogP) is -0.441. The number of carbonyl (C=O) groups is 1. The van der Waals surface area contributed by atoms with Gasteiger partial charge in [0.05, 0.1) is 0 Å². The predicted molar refractivity (Wildman–Crippen MR) is 57.5 cm³/mol. The molecule has 2 rings (SSSR count). The Morgan fingerprint density at radius 2 is 1.19 bits per heavy atom. The van der Waals surface area contributed by atoms with Gasteiger partial charge in [-0.05, 0) is 12.1 Å². The third-order valence-electron chi connectivity index (χ3n) is 1.02. The Morgan fingerprint density at radius 1 is 0.875 bits per heavy atom. The van der Waals surface area contributed by atoms with Gasteiger partial charge in [0.25, 0.3) is 0 Å². The zero-order valence-corrected chi connectivity index (χ0v) is 8.47. The van der Waals surface area contributed by atoms with E-state index in [-0.39, 0.29) is 0 Å². The molecule has 0 aromatic carbocycles. The summed E-state index contributed by atoms with van der Waals surface area (Å²) in [5, 5.41) is 0. The SMILES string of the molecule is NNC=O.c1cncnc1.c1cncnc1. The molecule has 0 bridgehead atoms. The second kappa shape index (κ2) is 12.6. The highest BCUT2D eigenvalue weighted by molar-refractivity contribution is 5.44. The second-order valence-corrected chi connectivity index (χ2v) is 2.09. The smallest absolute Gasteiger partial charge is 0.221 e. The molecule has 0 radical (unpaired) electrons. The van der Waals surface area contributed by atoms with Crippen LogP contribution in [0.4, 0.5) is 0 Å². The van der Waals surface area contributed by atoms with Gasteiger partial charge in [-0.1, -0.05) is 0 Å². The Hall–Kier alpha value is -2.41. The average Bonchev–Trinajstić information content (AvgIpc) is 2.44. The lowest BCUT2D eigenvalue weighted by Crippen LogP contribution is -2.18. The minimum atomic E-state index is 0.403. The maximum Gasteiger partial charge on any atom is 0.221 e. The number of hydrogen-bond donors (Lipinski definition) is 2. The summed E-state index contributed by atoms with van der Waals surface area (Å²) in [6, 6.07) is 3.56. The van der Waals surface area contributed by atoms with Crippen LogP contribution in [0.25, 0.3) is 0 Å². The van der Waals surface area contributed by atoms with Crippen LogP contribution < -0.4 is 11.3 Å². The Balaban J connectivity index is 0.000000217. The Kier molecular flexibility index (Phi) is 10.7. The van der Waals surface area contributed by atoms with E-state index < -0.39 is 0 Å². The monoisotopic (exact) mass is 220 g/mol. The topological polar surface area (TPSA) is 107 Å². The molecule has 0 unspecified atom stereocenters. The molecule has 7 nitrogen and oxygen atoms in total. The highest BCUT2D eigenvalue weighted by atomic mass is 16.1. The lowest BCUT2D eigenvalue weighted by Gasteiger charge is -1.70. The van der Waals surface area contributed by atoms with Gasteiger partial charge in [-0.3, -0.25) is 10.2 Å². The van der Waals surface area contributed by atoms with Gasteiger partial charge in [0.2, 0.25) is 6.41 Å². The van der Waals surface area contributed by atoms with Gasteiger partial charge in [0.15, 0.2) is 0 Å². The van der Waals surface area contributed by atoms with Gasteiger partial charge in [0, 0.05) is 24.8 Å². The van der Waals surface area contributed by atoms with Crippen LogP contribution >= 0.6 is 0 Å². The number of nitrogens with one attached hydrogen (secondary N) is 1. The zero-order chi connectivity index (χ0) is 11.9. The first kappa shape index (κ1) is 13.6. The number of hydrazine groups is 1. The number of carbonyl (C=O) groups excluding carboxylic acids is 1. The van der Waals surface area contributed by atoms with Crippen molar-refractivity contribution in [1.29, 1.82) is 0 Å². The van der Waals surface area contributed by atoms with Crippen molar-refractivity contribution in [2.75, 3.05) is 0 Å². The van der Waals surface area contributed by atoms with E-state index in [2.05, 4.69) is 25.8 Å². The van der Waals surface area contributed by atoms with Crippen molar-refractivity contribution in [3.8, 4) is 0 Å². The van der Waals surface area contributed by atoms with Crippen LogP contribution in [0.2, 0.25) is 0 Å². The van der Waals surface area contributed by atoms with Gasteiger partial charge in [-0.2, -0.15) is 0 Å². The first-order valence-corrected chi connectivity index (χ1v) is 4.21. The third-order valence-corrected chi connectivity index (χ3v) is 1.02. The fourth-order valence-electron chi connectivity index (χ4n) is 0.507. The van der Waals surface area contributed by atoms with Crippen LogP contribution in [0.5, 0.6) is 0 Å². The molecule has 0 saturated carbocycles. The van der Waals surface area contributed by atoms with Crippen LogP contribution in [0, 0.1) is 0 Å². The summed E-state index contributed by atoms with van der Waals surface area (Å²) in [7, 11) is 0. The molecular weight excluding hydrogens is 208 g/mol. The van der Waals surface area contributed by atoms with Crippen molar-refractivity contribution in [3.63, 3.8) is 0 Å². The highest BCUT2D eigenvalue weighted by Crippen LogP contribution is 1.67. The molecule has 0 atom stereocenters. The van der Waals surface area contributed by atoms with Gasteiger partial charge < -0.3 is 0 Å². The van der Waals surface area contributed by atoms with Gasteiger partial charge in [-0.25, -0.2) is 25.8 Å². The molecule has 3 N–H and O–H groups in total. The molecule has 0 aliphatic carbocycles. The molecule has 0 spiro atoms. The quantitative estimate of drug-likeness (QED) is 0.292. The lowest BCUT2D eigenvalue weighted by molar-refractivity contribution is -0.109. The summed E-state index contributed by atoms with van der Waals surface area (Å²) in [5.41, 5.74) is 1.75. The number of nitrogens with zero attached hydrogens (tertiary/aromatic N) is 4. The fraction of sp³-hybridized carbons (Fsp3) is 0. The van der Waals surface area contributed by atoms with E-state index in [1.165, 1.54) is 12.7 Å². The number of rotatable bonds is 1. The van der Waals surface area contributed by atoms with Crippen LogP contribution in [-0.4, -0.2) is 26.3 Å². The number of amides is 1. The molecule has 84 valence electrons. The normalized spacial score (nSPS) is 7.31. The molecule has 2 aromatic rings. The van der Waals surface area contributed by atoms with E-state index in [0.717, 1.165) is 0 Å². The van der Waals surface area contributed by atoms with Gasteiger partial charge >= 0.3 is 0 Å². The molecule has 7 heteroatoms.